The molecule has 0 radical (unpaired) electrons. The Kier molecular flexibility index (Phi) is 4.95. The first-order valence-electron chi connectivity index (χ1n) is 6.41. The number of benzene rings is 2. The molecule has 0 spiro atoms. The average molecular weight is 394 g/mol. The molecule has 0 aliphatic rings. The third kappa shape index (κ3) is 4.04. The molecule has 0 atom stereocenters. The fourth-order valence-electron chi connectivity index (χ4n) is 1.84. The van der Waals surface area contributed by atoms with Crippen LogP contribution < -0.4 is 10.6 Å². The summed E-state index contributed by atoms with van der Waals surface area (Å²) in [5.41, 5.74) is 3.10. The van der Waals surface area contributed by atoms with E-state index < -0.39 is 11.8 Å². The van der Waals surface area contributed by atoms with Crippen molar-refractivity contribution in [2.24, 2.45) is 0 Å². The molecule has 4 nitrogen and oxygen atoms in total. The Morgan fingerprint density at radius 3 is 2.00 bits per heavy atom. The number of aryl methyl sites for hydroxylation is 2. The van der Waals surface area contributed by atoms with Gasteiger partial charge in [-0.15, -0.1) is 0 Å². The molecule has 21 heavy (non-hydrogen) atoms. The lowest BCUT2D eigenvalue weighted by atomic mass is 10.2. The second-order valence-corrected chi connectivity index (χ2v) is 5.93. The number of carbonyl (C=O) groups is 2. The number of halogens is 1. The van der Waals surface area contributed by atoms with Gasteiger partial charge in [0.05, 0.1) is 0 Å². The predicted octanol–water partition coefficient (Wildman–Crippen LogP) is 3.49. The normalized spacial score (nSPS) is 10.0. The van der Waals surface area contributed by atoms with Gasteiger partial charge < -0.3 is 10.6 Å². The molecule has 5 heteroatoms. The molecule has 2 aromatic rings. The summed E-state index contributed by atoms with van der Waals surface area (Å²) < 4.78 is 1.08. The molecule has 2 amide bonds. The Balaban J connectivity index is 2.06. The van der Waals surface area contributed by atoms with Crippen LogP contribution in [0.25, 0.3) is 0 Å². The lowest BCUT2D eigenvalue weighted by Gasteiger charge is -2.10. The Morgan fingerprint density at radius 1 is 0.857 bits per heavy atom. The summed E-state index contributed by atoms with van der Waals surface area (Å²) in [4.78, 5) is 23.9. The van der Waals surface area contributed by atoms with Crippen molar-refractivity contribution in [1.29, 1.82) is 0 Å². The first-order valence-corrected chi connectivity index (χ1v) is 7.49. The van der Waals surface area contributed by atoms with Crippen molar-refractivity contribution < 1.29 is 9.59 Å². The zero-order valence-electron chi connectivity index (χ0n) is 11.7. The van der Waals surface area contributed by atoms with Crippen molar-refractivity contribution in [1.82, 2.24) is 0 Å². The van der Waals surface area contributed by atoms with Crippen LogP contribution in [0.15, 0.2) is 42.5 Å². The van der Waals surface area contributed by atoms with Crippen LogP contribution in [0.5, 0.6) is 0 Å². The summed E-state index contributed by atoms with van der Waals surface area (Å²) in [7, 11) is 0. The summed E-state index contributed by atoms with van der Waals surface area (Å²) in [6, 6.07) is 12.9. The number of rotatable bonds is 2. The maximum absolute atomic E-state index is 11.9. The number of anilines is 2. The van der Waals surface area contributed by atoms with Crippen molar-refractivity contribution >= 4 is 45.8 Å². The van der Waals surface area contributed by atoms with Crippen LogP contribution >= 0.6 is 22.6 Å². The lowest BCUT2D eigenvalue weighted by molar-refractivity contribution is -0.133. The van der Waals surface area contributed by atoms with Crippen LogP contribution in [-0.4, -0.2) is 11.8 Å². The van der Waals surface area contributed by atoms with E-state index in [1.54, 1.807) is 12.1 Å². The van der Waals surface area contributed by atoms with Gasteiger partial charge in [-0.1, -0.05) is 18.2 Å². The molecule has 0 fully saturated rings. The highest BCUT2D eigenvalue weighted by Gasteiger charge is 2.15. The summed E-state index contributed by atoms with van der Waals surface area (Å²) in [5.74, 6) is -1.36. The van der Waals surface area contributed by atoms with Crippen LogP contribution in [0.4, 0.5) is 11.4 Å². The van der Waals surface area contributed by atoms with Crippen molar-refractivity contribution in [3.05, 3.63) is 57.2 Å². The van der Waals surface area contributed by atoms with Gasteiger partial charge in [0.1, 0.15) is 0 Å². The van der Waals surface area contributed by atoms with Gasteiger partial charge in [0, 0.05) is 14.9 Å². The molecular formula is C16H15IN2O2. The van der Waals surface area contributed by atoms with Gasteiger partial charge in [-0.2, -0.15) is 0 Å². The molecule has 108 valence electrons. The average Bonchev–Trinajstić information content (AvgIpc) is 2.44. The minimum absolute atomic E-state index is 0.636. The fourth-order valence-corrected chi connectivity index (χ4v) is 2.49. The minimum Gasteiger partial charge on any atom is -0.318 e. The SMILES string of the molecule is Cc1ccccc1NC(=O)C(=O)Nc1ccc(I)cc1C. The van der Waals surface area contributed by atoms with Crippen molar-refractivity contribution in [3.8, 4) is 0 Å². The quantitative estimate of drug-likeness (QED) is 0.605. The molecule has 0 heterocycles. The van der Waals surface area contributed by atoms with E-state index in [4.69, 9.17) is 0 Å². The molecule has 0 aliphatic carbocycles. The summed E-state index contributed by atoms with van der Waals surface area (Å²) >= 11 is 2.20. The Hall–Kier alpha value is -1.89. The lowest BCUT2D eigenvalue weighted by Crippen LogP contribution is -2.29. The van der Waals surface area contributed by atoms with E-state index in [9.17, 15) is 9.59 Å². The van der Waals surface area contributed by atoms with Crippen LogP contribution in [0, 0.1) is 17.4 Å². The third-order valence-corrected chi connectivity index (χ3v) is 3.71. The molecule has 2 N–H and O–H groups in total. The topological polar surface area (TPSA) is 58.2 Å². The Labute approximate surface area is 137 Å². The summed E-state index contributed by atoms with van der Waals surface area (Å²) in [5, 5.41) is 5.23. The zero-order chi connectivity index (χ0) is 15.4. The van der Waals surface area contributed by atoms with E-state index in [1.807, 2.05) is 44.2 Å². The number of hydrogen-bond donors (Lipinski definition) is 2. The number of carbonyl (C=O) groups excluding carboxylic acids is 2. The first kappa shape index (κ1) is 15.5. The van der Waals surface area contributed by atoms with E-state index in [0.29, 0.717) is 11.4 Å². The van der Waals surface area contributed by atoms with E-state index in [-0.39, 0.29) is 0 Å². The van der Waals surface area contributed by atoms with Gasteiger partial charge in [0.25, 0.3) is 0 Å². The Morgan fingerprint density at radius 2 is 1.43 bits per heavy atom. The highest BCUT2D eigenvalue weighted by molar-refractivity contribution is 14.1. The van der Waals surface area contributed by atoms with Gasteiger partial charge >= 0.3 is 11.8 Å². The maximum Gasteiger partial charge on any atom is 0.314 e. The van der Waals surface area contributed by atoms with Crippen molar-refractivity contribution in [2.75, 3.05) is 10.6 Å². The monoisotopic (exact) mass is 394 g/mol. The van der Waals surface area contributed by atoms with Gasteiger partial charge in [-0.05, 0) is 71.8 Å². The molecule has 0 aromatic heterocycles. The second-order valence-electron chi connectivity index (χ2n) is 4.68. The second kappa shape index (κ2) is 6.71. The number of para-hydroxylation sites is 1. The molecule has 0 aliphatic heterocycles. The van der Waals surface area contributed by atoms with E-state index >= 15 is 0 Å². The summed E-state index contributed by atoms with van der Waals surface area (Å²) in [6.07, 6.45) is 0. The van der Waals surface area contributed by atoms with E-state index in [1.165, 1.54) is 0 Å². The predicted molar refractivity (Wildman–Crippen MR) is 92.3 cm³/mol. The van der Waals surface area contributed by atoms with Crippen molar-refractivity contribution in [2.45, 2.75) is 13.8 Å². The highest BCUT2D eigenvalue weighted by Crippen LogP contribution is 2.18. The number of amides is 2. The molecule has 0 unspecified atom stereocenters. The standard InChI is InChI=1S/C16H15IN2O2/c1-10-5-3-4-6-13(10)18-15(20)16(21)19-14-8-7-12(17)9-11(14)2/h3-9H,1-2H3,(H,18,20)(H,19,21). The molecule has 0 bridgehead atoms. The van der Waals surface area contributed by atoms with Crippen LogP contribution in [0.3, 0.4) is 0 Å². The molecule has 2 rings (SSSR count). The van der Waals surface area contributed by atoms with Crippen LogP contribution in [-0.2, 0) is 9.59 Å². The van der Waals surface area contributed by atoms with Gasteiger partial charge in [0.15, 0.2) is 0 Å². The molecule has 2 aromatic carbocycles. The third-order valence-electron chi connectivity index (χ3n) is 3.04. The van der Waals surface area contributed by atoms with Gasteiger partial charge in [-0.3, -0.25) is 9.59 Å². The molecule has 0 saturated heterocycles. The molecule has 0 saturated carbocycles. The number of nitrogens with one attached hydrogen (secondary N) is 2. The number of hydrogen-bond acceptors (Lipinski definition) is 2. The largest absolute Gasteiger partial charge is 0.318 e. The summed E-state index contributed by atoms with van der Waals surface area (Å²) in [6.45, 7) is 3.76. The smallest absolute Gasteiger partial charge is 0.314 e. The minimum atomic E-state index is -0.678. The maximum atomic E-state index is 11.9. The van der Waals surface area contributed by atoms with Crippen molar-refractivity contribution in [3.63, 3.8) is 0 Å². The van der Waals surface area contributed by atoms with Gasteiger partial charge in [-0.25, -0.2) is 0 Å². The fraction of sp³-hybridized carbons (Fsp3) is 0.125. The first-order chi connectivity index (χ1) is 9.97. The Bertz CT molecular complexity index is 698. The van der Waals surface area contributed by atoms with E-state index in [2.05, 4.69) is 33.2 Å². The van der Waals surface area contributed by atoms with Gasteiger partial charge in [0.2, 0.25) is 0 Å². The van der Waals surface area contributed by atoms with Crippen LogP contribution in [0.2, 0.25) is 0 Å². The zero-order valence-corrected chi connectivity index (χ0v) is 13.9. The molecular weight excluding hydrogens is 379 g/mol. The highest BCUT2D eigenvalue weighted by atomic mass is 127. The van der Waals surface area contributed by atoms with Crippen LogP contribution in [0.1, 0.15) is 11.1 Å². The van der Waals surface area contributed by atoms with E-state index in [0.717, 1.165) is 14.7 Å².